The number of sulfonamides is 1. The van der Waals surface area contributed by atoms with Crippen molar-refractivity contribution < 1.29 is 18.3 Å². The van der Waals surface area contributed by atoms with Crippen molar-refractivity contribution in [3.05, 3.63) is 89.5 Å². The summed E-state index contributed by atoms with van der Waals surface area (Å²) in [7, 11) is -3.99. The lowest BCUT2D eigenvalue weighted by Gasteiger charge is -2.24. The quantitative estimate of drug-likeness (QED) is 0.422. The summed E-state index contributed by atoms with van der Waals surface area (Å²) in [6.45, 7) is 4.99. The van der Waals surface area contributed by atoms with E-state index in [1.54, 1.807) is 55.5 Å². The van der Waals surface area contributed by atoms with Gasteiger partial charge in [-0.3, -0.25) is 9.10 Å². The van der Waals surface area contributed by atoms with Crippen molar-refractivity contribution in [2.24, 2.45) is 5.10 Å². The molecule has 3 rings (SSSR count). The van der Waals surface area contributed by atoms with Gasteiger partial charge in [0.15, 0.2) is 0 Å². The van der Waals surface area contributed by atoms with E-state index in [1.807, 2.05) is 19.9 Å². The van der Waals surface area contributed by atoms with Gasteiger partial charge in [-0.15, -0.1) is 0 Å². The summed E-state index contributed by atoms with van der Waals surface area (Å²) >= 11 is 0. The molecule has 0 aliphatic heterocycles. The molecule has 0 saturated carbocycles. The van der Waals surface area contributed by atoms with Gasteiger partial charge in [0.25, 0.3) is 15.9 Å². The van der Waals surface area contributed by atoms with E-state index in [-0.39, 0.29) is 10.6 Å². The van der Waals surface area contributed by atoms with Crippen molar-refractivity contribution >= 4 is 27.3 Å². The third-order valence-electron chi connectivity index (χ3n) is 5.04. The Balaban J connectivity index is 1.90. The summed E-state index contributed by atoms with van der Waals surface area (Å²) < 4.78 is 27.8. The topological polar surface area (TPSA) is 99.1 Å². The molecule has 0 fully saturated rings. The summed E-state index contributed by atoms with van der Waals surface area (Å²) in [5, 5.41) is 14.0. The summed E-state index contributed by atoms with van der Waals surface area (Å²) in [4.78, 5) is 12.8. The molecule has 0 spiro atoms. The van der Waals surface area contributed by atoms with Crippen molar-refractivity contribution in [2.75, 3.05) is 10.8 Å². The molecule has 0 aromatic heterocycles. The number of aromatic hydroxyl groups is 1. The molecule has 7 nitrogen and oxygen atoms in total. The van der Waals surface area contributed by atoms with Gasteiger partial charge in [-0.25, -0.2) is 13.8 Å². The van der Waals surface area contributed by atoms with Crippen LogP contribution in [0.1, 0.15) is 23.6 Å². The molecule has 3 aromatic rings. The van der Waals surface area contributed by atoms with Crippen molar-refractivity contribution in [1.82, 2.24) is 5.43 Å². The van der Waals surface area contributed by atoms with Gasteiger partial charge in [0, 0.05) is 5.56 Å². The molecule has 32 heavy (non-hydrogen) atoms. The van der Waals surface area contributed by atoms with Gasteiger partial charge >= 0.3 is 0 Å². The summed E-state index contributed by atoms with van der Waals surface area (Å²) in [6, 6.07) is 19.8. The second-order valence-corrected chi connectivity index (χ2v) is 9.20. The number of hydrazone groups is 1. The minimum atomic E-state index is -3.99. The number of rotatable bonds is 7. The molecule has 3 aromatic carbocycles. The number of carbonyl (C=O) groups is 1. The number of phenolic OH excluding ortho intramolecular Hbond substituents is 1. The fraction of sp³-hybridized carbons (Fsp3) is 0.167. The smallest absolute Gasteiger partial charge is 0.264 e. The lowest BCUT2D eigenvalue weighted by atomic mass is 10.1. The van der Waals surface area contributed by atoms with Crippen LogP contribution in [0.15, 0.2) is 82.8 Å². The lowest BCUT2D eigenvalue weighted by molar-refractivity contribution is -0.119. The molecule has 0 saturated heterocycles. The summed E-state index contributed by atoms with van der Waals surface area (Å²) in [5.41, 5.74) is 5.55. The normalized spacial score (nSPS) is 11.8. The Labute approximate surface area is 188 Å². The van der Waals surface area contributed by atoms with E-state index in [9.17, 15) is 18.3 Å². The number of aryl methyl sites for hydroxylation is 2. The van der Waals surface area contributed by atoms with Crippen molar-refractivity contribution in [3.63, 3.8) is 0 Å². The molecular weight excluding hydrogens is 426 g/mol. The van der Waals surface area contributed by atoms with Crippen LogP contribution in [0.5, 0.6) is 5.75 Å². The second-order valence-electron chi connectivity index (χ2n) is 7.34. The Morgan fingerprint density at radius 1 is 0.969 bits per heavy atom. The monoisotopic (exact) mass is 451 g/mol. The van der Waals surface area contributed by atoms with Crippen LogP contribution in [0, 0.1) is 13.8 Å². The molecule has 0 radical (unpaired) electrons. The van der Waals surface area contributed by atoms with Gasteiger partial charge in [0.1, 0.15) is 12.3 Å². The Hall–Kier alpha value is -3.65. The van der Waals surface area contributed by atoms with Crippen LogP contribution < -0.4 is 9.73 Å². The van der Waals surface area contributed by atoms with Crippen LogP contribution in [0.25, 0.3) is 0 Å². The predicted octanol–water partition coefficient (Wildman–Crippen LogP) is 3.74. The molecule has 166 valence electrons. The number of nitrogens with one attached hydrogen (secondary N) is 1. The maximum absolute atomic E-state index is 13.3. The summed E-state index contributed by atoms with van der Waals surface area (Å²) in [5.74, 6) is -0.580. The highest BCUT2D eigenvalue weighted by Gasteiger charge is 2.27. The van der Waals surface area contributed by atoms with Crippen LogP contribution >= 0.6 is 0 Å². The number of phenols is 1. The van der Waals surface area contributed by atoms with E-state index >= 15 is 0 Å². The highest BCUT2D eigenvalue weighted by molar-refractivity contribution is 7.92. The number of hydrogen-bond donors (Lipinski definition) is 2. The zero-order valence-electron chi connectivity index (χ0n) is 18.1. The molecule has 0 unspecified atom stereocenters. The van der Waals surface area contributed by atoms with Gasteiger partial charge < -0.3 is 5.11 Å². The number of anilines is 1. The van der Waals surface area contributed by atoms with E-state index < -0.39 is 22.5 Å². The van der Waals surface area contributed by atoms with Crippen LogP contribution in [-0.4, -0.2) is 31.7 Å². The number of hydrogen-bond acceptors (Lipinski definition) is 5. The van der Waals surface area contributed by atoms with Crippen LogP contribution in [-0.2, 0) is 14.8 Å². The first-order valence-electron chi connectivity index (χ1n) is 9.96. The molecule has 1 amide bonds. The summed E-state index contributed by atoms with van der Waals surface area (Å²) in [6.07, 6.45) is 0. The van der Waals surface area contributed by atoms with Gasteiger partial charge in [-0.2, -0.15) is 5.10 Å². The molecule has 0 atom stereocenters. The maximum Gasteiger partial charge on any atom is 0.264 e. The Bertz CT molecular complexity index is 1260. The zero-order valence-corrected chi connectivity index (χ0v) is 18.9. The number of para-hydroxylation sites is 1. The van der Waals surface area contributed by atoms with Crippen LogP contribution in [0.2, 0.25) is 0 Å². The van der Waals surface area contributed by atoms with Crippen molar-refractivity contribution in [1.29, 1.82) is 0 Å². The van der Waals surface area contributed by atoms with E-state index in [0.717, 1.165) is 15.4 Å². The number of carbonyl (C=O) groups excluding carboxylic acids is 1. The fourth-order valence-electron chi connectivity index (χ4n) is 3.07. The molecule has 0 aliphatic carbocycles. The van der Waals surface area contributed by atoms with Gasteiger partial charge in [-0.1, -0.05) is 36.4 Å². The standard InChI is InChI=1S/C24H25N3O4S/c1-17-13-14-20(15-18(17)2)27(32(30,31)21-9-5-4-6-10-21)16-24(29)26-25-19(3)22-11-7-8-12-23(22)28/h4-15,28H,16H2,1-3H3,(H,26,29)/b25-19+. The maximum atomic E-state index is 13.3. The van der Waals surface area contributed by atoms with E-state index in [2.05, 4.69) is 10.5 Å². The van der Waals surface area contributed by atoms with E-state index in [0.29, 0.717) is 17.0 Å². The molecule has 0 bridgehead atoms. The first-order chi connectivity index (χ1) is 15.2. The third kappa shape index (κ3) is 5.15. The van der Waals surface area contributed by atoms with Crippen LogP contribution in [0.3, 0.4) is 0 Å². The number of benzene rings is 3. The van der Waals surface area contributed by atoms with Gasteiger partial charge in [-0.05, 0) is 68.3 Å². The third-order valence-corrected chi connectivity index (χ3v) is 6.83. The predicted molar refractivity (Wildman–Crippen MR) is 125 cm³/mol. The SMILES string of the molecule is C/C(=N\NC(=O)CN(c1ccc(C)c(C)c1)S(=O)(=O)c1ccccc1)c1ccccc1O. The number of amides is 1. The Morgan fingerprint density at radius 3 is 2.28 bits per heavy atom. The molecule has 2 N–H and O–H groups in total. The zero-order chi connectivity index (χ0) is 23.3. The molecule has 0 aliphatic rings. The minimum Gasteiger partial charge on any atom is -0.507 e. The van der Waals surface area contributed by atoms with Crippen LogP contribution in [0.4, 0.5) is 5.69 Å². The molecule has 8 heteroatoms. The highest BCUT2D eigenvalue weighted by atomic mass is 32.2. The Morgan fingerprint density at radius 2 is 1.62 bits per heavy atom. The van der Waals surface area contributed by atoms with E-state index in [4.69, 9.17) is 0 Å². The highest BCUT2D eigenvalue weighted by Crippen LogP contribution is 2.25. The fourth-order valence-corrected chi connectivity index (χ4v) is 4.50. The first kappa shape index (κ1) is 23.0. The molecule has 0 heterocycles. The number of nitrogens with zero attached hydrogens (tertiary/aromatic N) is 2. The lowest BCUT2D eigenvalue weighted by Crippen LogP contribution is -2.39. The largest absolute Gasteiger partial charge is 0.507 e. The average molecular weight is 452 g/mol. The Kier molecular flexibility index (Phi) is 6.95. The minimum absolute atomic E-state index is 0.0337. The van der Waals surface area contributed by atoms with Gasteiger partial charge in [0.2, 0.25) is 0 Å². The second kappa shape index (κ2) is 9.65. The van der Waals surface area contributed by atoms with Gasteiger partial charge in [0.05, 0.1) is 16.3 Å². The van der Waals surface area contributed by atoms with Crippen molar-refractivity contribution in [3.8, 4) is 5.75 Å². The van der Waals surface area contributed by atoms with E-state index in [1.165, 1.54) is 18.2 Å². The first-order valence-corrected chi connectivity index (χ1v) is 11.4. The van der Waals surface area contributed by atoms with Crippen molar-refractivity contribution in [2.45, 2.75) is 25.7 Å². The molecular formula is C24H25N3O4S. The average Bonchev–Trinajstić information content (AvgIpc) is 2.78.